The molecule has 0 aliphatic rings. The molecule has 1 heterocycles. The first-order valence-corrected chi connectivity index (χ1v) is 9.44. The van der Waals surface area contributed by atoms with Crippen LogP contribution in [0.1, 0.15) is 33.6 Å². The molecular weight excluding hydrogens is 411 g/mol. The van der Waals surface area contributed by atoms with Gasteiger partial charge in [0.1, 0.15) is 21.7 Å². The molecule has 2 rings (SSSR count). The molecule has 0 aliphatic carbocycles. The van der Waals surface area contributed by atoms with Gasteiger partial charge in [-0.2, -0.15) is 5.26 Å². The fraction of sp³-hybridized carbons (Fsp3) is 0.278. The van der Waals surface area contributed by atoms with Gasteiger partial charge in [-0.25, -0.2) is 4.79 Å². The first-order valence-electron chi connectivity index (χ1n) is 7.86. The molecule has 0 bridgehead atoms. The summed E-state index contributed by atoms with van der Waals surface area (Å²) in [6.07, 6.45) is 0.626. The van der Waals surface area contributed by atoms with E-state index in [-0.39, 0.29) is 24.5 Å². The van der Waals surface area contributed by atoms with E-state index >= 15 is 0 Å². The molecule has 1 aromatic heterocycles. The molecule has 0 aliphatic heterocycles. The van der Waals surface area contributed by atoms with Crippen molar-refractivity contribution in [3.05, 3.63) is 44.2 Å². The standard InChI is InChI=1S/C18H16Cl2N2O4S/c1-10-12(9-21)17(27-16(10)18(24)25-2)22-15(23)4-3-7-26-14-6-5-11(19)8-13(14)20/h5-6,8H,3-4,7H2,1-2H3,(H,22,23). The largest absolute Gasteiger partial charge is 0.492 e. The Morgan fingerprint density at radius 1 is 1.33 bits per heavy atom. The molecule has 0 atom stereocenters. The number of hydrogen-bond acceptors (Lipinski definition) is 6. The predicted molar refractivity (Wildman–Crippen MR) is 105 cm³/mol. The lowest BCUT2D eigenvalue weighted by atomic mass is 10.1. The van der Waals surface area contributed by atoms with Crippen molar-refractivity contribution in [1.29, 1.82) is 5.26 Å². The lowest BCUT2D eigenvalue weighted by molar-refractivity contribution is -0.116. The first-order chi connectivity index (χ1) is 12.9. The van der Waals surface area contributed by atoms with Crippen LogP contribution in [0.2, 0.25) is 10.0 Å². The topological polar surface area (TPSA) is 88.4 Å². The number of nitrogens with zero attached hydrogens (tertiary/aromatic N) is 1. The third-order valence-corrected chi connectivity index (χ3v) is 5.30. The molecule has 0 fully saturated rings. The van der Waals surface area contributed by atoms with Gasteiger partial charge in [0.05, 0.1) is 24.3 Å². The van der Waals surface area contributed by atoms with Crippen molar-refractivity contribution >= 4 is 51.4 Å². The normalized spacial score (nSPS) is 10.2. The van der Waals surface area contributed by atoms with Crippen LogP contribution >= 0.6 is 34.5 Å². The van der Waals surface area contributed by atoms with Crippen LogP contribution in [0.3, 0.4) is 0 Å². The van der Waals surface area contributed by atoms with Crippen molar-refractivity contribution in [3.8, 4) is 11.8 Å². The van der Waals surface area contributed by atoms with E-state index in [2.05, 4.69) is 10.1 Å². The summed E-state index contributed by atoms with van der Waals surface area (Å²) < 4.78 is 10.2. The average Bonchev–Trinajstić information content (AvgIpc) is 2.94. The molecule has 142 valence electrons. The van der Waals surface area contributed by atoms with Crippen LogP contribution in [0.15, 0.2) is 18.2 Å². The number of carbonyl (C=O) groups excluding carboxylic acids is 2. The highest BCUT2D eigenvalue weighted by Crippen LogP contribution is 2.33. The van der Waals surface area contributed by atoms with E-state index in [1.165, 1.54) is 7.11 Å². The van der Waals surface area contributed by atoms with Crippen LogP contribution in [0, 0.1) is 18.3 Å². The van der Waals surface area contributed by atoms with E-state index in [1.54, 1.807) is 25.1 Å². The highest BCUT2D eigenvalue weighted by molar-refractivity contribution is 7.18. The minimum absolute atomic E-state index is 0.181. The molecule has 1 N–H and O–H groups in total. The molecule has 27 heavy (non-hydrogen) atoms. The first kappa shape index (κ1) is 21.0. The summed E-state index contributed by atoms with van der Waals surface area (Å²) in [4.78, 5) is 24.2. The van der Waals surface area contributed by atoms with Crippen LogP contribution in [-0.4, -0.2) is 25.6 Å². The monoisotopic (exact) mass is 426 g/mol. The van der Waals surface area contributed by atoms with Gasteiger partial charge in [-0.15, -0.1) is 11.3 Å². The van der Waals surface area contributed by atoms with Gasteiger partial charge >= 0.3 is 5.97 Å². The predicted octanol–water partition coefficient (Wildman–Crippen LogP) is 4.82. The van der Waals surface area contributed by atoms with Crippen LogP contribution in [0.25, 0.3) is 0 Å². The van der Waals surface area contributed by atoms with Gasteiger partial charge in [0.25, 0.3) is 0 Å². The molecule has 0 unspecified atom stereocenters. The summed E-state index contributed by atoms with van der Waals surface area (Å²) in [6.45, 7) is 1.93. The van der Waals surface area contributed by atoms with Gasteiger partial charge < -0.3 is 14.8 Å². The molecule has 1 aromatic carbocycles. The zero-order chi connectivity index (χ0) is 20.0. The highest BCUT2D eigenvalue weighted by atomic mass is 35.5. The summed E-state index contributed by atoms with van der Waals surface area (Å²) in [5, 5.41) is 13.2. The second kappa shape index (κ2) is 9.60. The number of rotatable bonds is 7. The zero-order valence-electron chi connectivity index (χ0n) is 14.6. The van der Waals surface area contributed by atoms with Crippen molar-refractivity contribution in [3.63, 3.8) is 0 Å². The highest BCUT2D eigenvalue weighted by Gasteiger charge is 2.21. The average molecular weight is 427 g/mol. The van der Waals surface area contributed by atoms with E-state index in [4.69, 9.17) is 27.9 Å². The Morgan fingerprint density at radius 3 is 2.70 bits per heavy atom. The lowest BCUT2D eigenvalue weighted by Crippen LogP contribution is -2.12. The second-order valence-corrected chi connectivity index (χ2v) is 7.30. The Kier molecular flexibility index (Phi) is 7.48. The van der Waals surface area contributed by atoms with Gasteiger partial charge in [-0.3, -0.25) is 4.79 Å². The van der Waals surface area contributed by atoms with Gasteiger partial charge in [0.15, 0.2) is 0 Å². The fourth-order valence-electron chi connectivity index (χ4n) is 2.22. The molecule has 0 saturated heterocycles. The molecule has 2 aromatic rings. The number of nitriles is 1. The number of halogens is 2. The van der Waals surface area contributed by atoms with E-state index < -0.39 is 5.97 Å². The number of carbonyl (C=O) groups is 2. The number of anilines is 1. The second-order valence-electron chi connectivity index (χ2n) is 5.44. The Balaban J connectivity index is 1.90. The molecular formula is C18H16Cl2N2O4S. The van der Waals surface area contributed by atoms with E-state index in [9.17, 15) is 14.9 Å². The maximum Gasteiger partial charge on any atom is 0.348 e. The lowest BCUT2D eigenvalue weighted by Gasteiger charge is -2.08. The van der Waals surface area contributed by atoms with E-state index in [0.717, 1.165) is 11.3 Å². The van der Waals surface area contributed by atoms with Crippen LogP contribution < -0.4 is 10.1 Å². The number of ether oxygens (including phenoxy) is 2. The number of nitrogens with one attached hydrogen (secondary N) is 1. The third kappa shape index (κ3) is 5.36. The molecule has 0 spiro atoms. The van der Waals surface area contributed by atoms with Crippen molar-refractivity contribution in [2.75, 3.05) is 19.0 Å². The van der Waals surface area contributed by atoms with Crippen molar-refractivity contribution in [2.45, 2.75) is 19.8 Å². The summed E-state index contributed by atoms with van der Waals surface area (Å²) in [5.74, 6) is -0.331. The molecule has 0 saturated carbocycles. The Hall–Kier alpha value is -2.27. The Morgan fingerprint density at radius 2 is 2.07 bits per heavy atom. The van der Waals surface area contributed by atoms with Gasteiger partial charge in [0, 0.05) is 11.4 Å². The SMILES string of the molecule is COC(=O)c1sc(NC(=O)CCCOc2ccc(Cl)cc2Cl)c(C#N)c1C. The summed E-state index contributed by atoms with van der Waals surface area (Å²) in [6, 6.07) is 6.90. The Bertz CT molecular complexity index is 905. The summed E-state index contributed by atoms with van der Waals surface area (Å²) in [7, 11) is 1.26. The zero-order valence-corrected chi connectivity index (χ0v) is 16.9. The fourth-order valence-corrected chi connectivity index (χ4v) is 3.77. The van der Waals surface area contributed by atoms with E-state index in [0.29, 0.717) is 37.7 Å². The van der Waals surface area contributed by atoms with E-state index in [1.807, 2.05) is 6.07 Å². The van der Waals surface area contributed by atoms with Gasteiger partial charge in [0.2, 0.25) is 5.91 Å². The summed E-state index contributed by atoms with van der Waals surface area (Å²) in [5.41, 5.74) is 0.753. The third-order valence-electron chi connectivity index (χ3n) is 3.58. The van der Waals surface area contributed by atoms with Crippen molar-refractivity contribution in [1.82, 2.24) is 0 Å². The van der Waals surface area contributed by atoms with Crippen molar-refractivity contribution in [2.24, 2.45) is 0 Å². The number of methoxy groups -OCH3 is 1. The Labute approximate surface area is 170 Å². The molecule has 0 radical (unpaired) electrons. The summed E-state index contributed by atoms with van der Waals surface area (Å²) >= 11 is 12.9. The van der Waals surface area contributed by atoms with Crippen molar-refractivity contribution < 1.29 is 19.1 Å². The number of hydrogen-bond donors (Lipinski definition) is 1. The maximum absolute atomic E-state index is 12.1. The van der Waals surface area contributed by atoms with Gasteiger partial charge in [-0.05, 0) is 37.1 Å². The van der Waals surface area contributed by atoms with Gasteiger partial charge in [-0.1, -0.05) is 23.2 Å². The number of thiophene rings is 1. The maximum atomic E-state index is 12.1. The quantitative estimate of drug-likeness (QED) is 0.506. The number of benzene rings is 1. The minimum Gasteiger partial charge on any atom is -0.492 e. The van der Waals surface area contributed by atoms with Crippen LogP contribution in [0.5, 0.6) is 5.75 Å². The number of amides is 1. The minimum atomic E-state index is -0.539. The number of esters is 1. The van der Waals surface area contributed by atoms with Crippen LogP contribution in [0.4, 0.5) is 5.00 Å². The molecule has 9 heteroatoms. The molecule has 6 nitrogen and oxygen atoms in total. The van der Waals surface area contributed by atoms with Crippen LogP contribution in [-0.2, 0) is 9.53 Å². The smallest absolute Gasteiger partial charge is 0.348 e. The molecule has 1 amide bonds.